The number of rotatable bonds is 1. The van der Waals surface area contributed by atoms with Gasteiger partial charge >= 0.3 is 5.65 Å². The number of aromatic nitrogens is 2. The Labute approximate surface area is 86.3 Å². The topological polar surface area (TPSA) is 63.7 Å². The van der Waals surface area contributed by atoms with Crippen molar-refractivity contribution in [3.05, 3.63) is 29.6 Å². The molecule has 0 radical (unpaired) electrons. The Bertz CT molecular complexity index is 575. The summed E-state index contributed by atoms with van der Waals surface area (Å²) in [6, 6.07) is 4.04. The van der Waals surface area contributed by atoms with E-state index in [1.54, 1.807) is 12.4 Å². The van der Waals surface area contributed by atoms with E-state index in [0.717, 1.165) is 10.1 Å². The van der Waals surface area contributed by atoms with Gasteiger partial charge in [0.15, 0.2) is 0 Å². The summed E-state index contributed by atoms with van der Waals surface area (Å²) >= 11 is 0. The standard InChI is InChI=1S/C11H9N3O/c12-5-8-6-13-11-10(8)9(7-1-2-7)3-4-14(11)15/h3-4,6-7,15H,1-2H2/p+1. The van der Waals surface area contributed by atoms with Crippen molar-refractivity contribution in [2.45, 2.75) is 18.8 Å². The third kappa shape index (κ3) is 1.10. The van der Waals surface area contributed by atoms with Crippen LogP contribution in [0.3, 0.4) is 0 Å². The molecule has 15 heavy (non-hydrogen) atoms. The Hall–Kier alpha value is -2.02. The molecule has 2 aromatic heterocycles. The van der Waals surface area contributed by atoms with Crippen molar-refractivity contribution in [3.8, 4) is 6.07 Å². The fraction of sp³-hybridized carbons (Fsp3) is 0.273. The molecule has 0 amide bonds. The summed E-state index contributed by atoms with van der Waals surface area (Å²) in [5.41, 5.74) is 2.39. The van der Waals surface area contributed by atoms with Gasteiger partial charge < -0.3 is 5.21 Å². The SMILES string of the molecule is N#Cc1c[nH]c2c1c(C1CC1)cc[n+]2O. The number of aromatic amines is 1. The number of hydrogen-bond donors (Lipinski definition) is 2. The summed E-state index contributed by atoms with van der Waals surface area (Å²) in [7, 11) is 0. The van der Waals surface area contributed by atoms with Gasteiger partial charge in [-0.25, -0.2) is 4.98 Å². The van der Waals surface area contributed by atoms with Crippen LogP contribution in [0, 0.1) is 11.3 Å². The maximum atomic E-state index is 9.58. The molecule has 3 rings (SSSR count). The number of pyridine rings is 1. The molecule has 2 N–H and O–H groups in total. The predicted octanol–water partition coefficient (Wildman–Crippen LogP) is 1.44. The molecular weight excluding hydrogens is 190 g/mol. The summed E-state index contributed by atoms with van der Waals surface area (Å²) in [6.45, 7) is 0. The molecule has 0 unspecified atom stereocenters. The average molecular weight is 200 g/mol. The lowest BCUT2D eigenvalue weighted by Gasteiger charge is -1.98. The quantitative estimate of drug-likeness (QED) is 0.540. The van der Waals surface area contributed by atoms with E-state index in [1.165, 1.54) is 18.4 Å². The number of fused-ring (bicyclic) bond motifs is 1. The van der Waals surface area contributed by atoms with Gasteiger partial charge in [0.25, 0.3) is 0 Å². The molecule has 0 aromatic carbocycles. The van der Waals surface area contributed by atoms with Crippen molar-refractivity contribution in [3.63, 3.8) is 0 Å². The second kappa shape index (κ2) is 2.74. The van der Waals surface area contributed by atoms with E-state index in [-0.39, 0.29) is 0 Å². The lowest BCUT2D eigenvalue weighted by molar-refractivity contribution is -0.885. The second-order valence-corrected chi connectivity index (χ2v) is 3.93. The molecule has 2 aromatic rings. The molecular formula is C11H10N3O+. The lowest BCUT2D eigenvalue weighted by Crippen LogP contribution is -2.30. The zero-order valence-electron chi connectivity index (χ0n) is 8.07. The molecule has 0 aliphatic heterocycles. The molecule has 1 saturated carbocycles. The van der Waals surface area contributed by atoms with E-state index in [0.29, 0.717) is 17.1 Å². The van der Waals surface area contributed by atoms with Gasteiger partial charge in [-0.15, -0.1) is 0 Å². The van der Waals surface area contributed by atoms with Crippen LogP contribution < -0.4 is 4.73 Å². The molecule has 0 atom stereocenters. The monoisotopic (exact) mass is 200 g/mol. The summed E-state index contributed by atoms with van der Waals surface area (Å²) in [6.07, 6.45) is 5.62. The van der Waals surface area contributed by atoms with Crippen LogP contribution in [-0.4, -0.2) is 10.2 Å². The van der Waals surface area contributed by atoms with Gasteiger partial charge in [0.1, 0.15) is 24.0 Å². The highest BCUT2D eigenvalue weighted by Crippen LogP contribution is 2.43. The molecule has 1 fully saturated rings. The maximum absolute atomic E-state index is 9.58. The normalized spacial score (nSPS) is 15.4. The third-order valence-corrected chi connectivity index (χ3v) is 2.91. The van der Waals surface area contributed by atoms with E-state index >= 15 is 0 Å². The van der Waals surface area contributed by atoms with Crippen LogP contribution in [0.25, 0.3) is 11.0 Å². The lowest BCUT2D eigenvalue weighted by atomic mass is 10.1. The molecule has 2 heterocycles. The zero-order chi connectivity index (χ0) is 10.4. The van der Waals surface area contributed by atoms with Gasteiger partial charge in [-0.2, -0.15) is 5.26 Å². The van der Waals surface area contributed by atoms with Crippen LogP contribution in [0.2, 0.25) is 0 Å². The largest absolute Gasteiger partial charge is 0.350 e. The highest BCUT2D eigenvalue weighted by Gasteiger charge is 2.29. The number of nitrogens with one attached hydrogen (secondary N) is 1. The second-order valence-electron chi connectivity index (χ2n) is 3.93. The van der Waals surface area contributed by atoms with E-state index in [4.69, 9.17) is 5.26 Å². The number of nitriles is 1. The third-order valence-electron chi connectivity index (χ3n) is 2.91. The van der Waals surface area contributed by atoms with Gasteiger partial charge in [0, 0.05) is 0 Å². The maximum Gasteiger partial charge on any atom is 0.327 e. The first-order valence-corrected chi connectivity index (χ1v) is 4.96. The van der Waals surface area contributed by atoms with Crippen LogP contribution in [0.1, 0.15) is 29.9 Å². The Balaban J connectivity index is 2.40. The first kappa shape index (κ1) is 8.30. The van der Waals surface area contributed by atoms with E-state index in [9.17, 15) is 5.21 Å². The number of nitrogens with zero attached hydrogens (tertiary/aromatic N) is 2. The Morgan fingerprint density at radius 1 is 1.53 bits per heavy atom. The first-order valence-electron chi connectivity index (χ1n) is 4.96. The van der Waals surface area contributed by atoms with E-state index in [2.05, 4.69) is 11.1 Å². The van der Waals surface area contributed by atoms with Crippen molar-refractivity contribution in [2.24, 2.45) is 0 Å². The average Bonchev–Trinajstić information content (AvgIpc) is 2.98. The van der Waals surface area contributed by atoms with Crippen molar-refractivity contribution < 1.29 is 9.94 Å². The van der Waals surface area contributed by atoms with E-state index in [1.807, 2.05) is 6.07 Å². The smallest absolute Gasteiger partial charge is 0.327 e. The van der Waals surface area contributed by atoms with Crippen molar-refractivity contribution in [1.29, 1.82) is 5.26 Å². The van der Waals surface area contributed by atoms with Crippen LogP contribution in [0.4, 0.5) is 0 Å². The number of hydrogen-bond acceptors (Lipinski definition) is 2. The minimum Gasteiger partial charge on any atom is -0.350 e. The molecule has 1 aliphatic carbocycles. The Morgan fingerprint density at radius 2 is 2.33 bits per heavy atom. The fourth-order valence-electron chi connectivity index (χ4n) is 2.02. The first-order chi connectivity index (χ1) is 7.31. The van der Waals surface area contributed by atoms with Crippen molar-refractivity contribution in [2.75, 3.05) is 0 Å². The Kier molecular flexibility index (Phi) is 1.51. The zero-order valence-corrected chi connectivity index (χ0v) is 8.07. The predicted molar refractivity (Wildman–Crippen MR) is 52.4 cm³/mol. The fourth-order valence-corrected chi connectivity index (χ4v) is 2.02. The number of H-pyrrole nitrogens is 1. The minimum absolute atomic E-state index is 0.566. The van der Waals surface area contributed by atoms with Gasteiger partial charge in [0.05, 0.1) is 5.39 Å². The molecule has 74 valence electrons. The summed E-state index contributed by atoms with van der Waals surface area (Å²) < 4.78 is 1.03. The Morgan fingerprint density at radius 3 is 3.00 bits per heavy atom. The summed E-state index contributed by atoms with van der Waals surface area (Å²) in [5.74, 6) is 0.566. The highest BCUT2D eigenvalue weighted by molar-refractivity contribution is 5.84. The van der Waals surface area contributed by atoms with E-state index < -0.39 is 0 Å². The molecule has 0 saturated heterocycles. The van der Waals surface area contributed by atoms with Gasteiger partial charge in [0.2, 0.25) is 0 Å². The van der Waals surface area contributed by atoms with Gasteiger partial charge in [-0.3, -0.25) is 0 Å². The molecule has 4 heteroatoms. The molecule has 4 nitrogen and oxygen atoms in total. The van der Waals surface area contributed by atoms with Crippen LogP contribution in [0.5, 0.6) is 0 Å². The van der Waals surface area contributed by atoms with Gasteiger partial charge in [-0.05, 0) is 30.4 Å². The van der Waals surface area contributed by atoms with Crippen LogP contribution in [0.15, 0.2) is 18.5 Å². The molecule has 0 bridgehead atoms. The van der Waals surface area contributed by atoms with Crippen molar-refractivity contribution >= 4 is 11.0 Å². The van der Waals surface area contributed by atoms with Crippen molar-refractivity contribution in [1.82, 2.24) is 4.98 Å². The van der Waals surface area contributed by atoms with Crippen LogP contribution >= 0.6 is 0 Å². The highest BCUT2D eigenvalue weighted by atomic mass is 16.5. The summed E-state index contributed by atoms with van der Waals surface area (Å²) in [4.78, 5) is 2.92. The molecule has 1 aliphatic rings. The van der Waals surface area contributed by atoms with Gasteiger partial charge in [-0.1, -0.05) is 4.73 Å². The minimum atomic E-state index is 0.566. The summed E-state index contributed by atoms with van der Waals surface area (Å²) in [5, 5.41) is 19.4. The molecule has 0 spiro atoms. The van der Waals surface area contributed by atoms with Crippen LogP contribution in [-0.2, 0) is 0 Å².